The molecule has 0 saturated carbocycles. The van der Waals surface area contributed by atoms with Crippen molar-refractivity contribution in [1.29, 1.82) is 0 Å². The molecular formula is C24H16ClF2NO3. The maximum atomic E-state index is 14.9. The van der Waals surface area contributed by atoms with Crippen molar-refractivity contribution in [2.45, 2.75) is 6.92 Å². The van der Waals surface area contributed by atoms with E-state index >= 15 is 0 Å². The Morgan fingerprint density at radius 2 is 1.77 bits per heavy atom. The van der Waals surface area contributed by atoms with Gasteiger partial charge in [0.15, 0.2) is 0 Å². The van der Waals surface area contributed by atoms with Crippen molar-refractivity contribution in [1.82, 2.24) is 4.40 Å². The molecule has 0 N–H and O–H groups in total. The maximum absolute atomic E-state index is 14.9. The summed E-state index contributed by atoms with van der Waals surface area (Å²) >= 11 is 6.07. The Morgan fingerprint density at radius 3 is 2.48 bits per heavy atom. The molecule has 4 nitrogen and oxygen atoms in total. The van der Waals surface area contributed by atoms with Gasteiger partial charge < -0.3 is 9.14 Å². The molecule has 0 aliphatic rings. The maximum Gasteiger partial charge on any atom is 0.338 e. The molecule has 0 amide bonds. The monoisotopic (exact) mass is 439 g/mol. The summed E-state index contributed by atoms with van der Waals surface area (Å²) in [5.74, 6) is -2.64. The third-order valence-corrected chi connectivity index (χ3v) is 5.18. The molecule has 2 heterocycles. The first kappa shape index (κ1) is 20.8. The Kier molecular flexibility index (Phi) is 5.57. The molecule has 4 aromatic rings. The highest BCUT2D eigenvalue weighted by Gasteiger charge is 2.23. The lowest BCUT2D eigenvalue weighted by Crippen LogP contribution is -2.08. The van der Waals surface area contributed by atoms with E-state index in [1.807, 2.05) is 0 Å². The minimum absolute atomic E-state index is 0.0117. The second-order valence-electron chi connectivity index (χ2n) is 6.74. The van der Waals surface area contributed by atoms with E-state index < -0.39 is 23.4 Å². The SMILES string of the molecule is CCOC(=O)c1ccc(-c2cc(C(=O)c3c(F)cccc3Cl)n3ccccc23)c(F)c1. The van der Waals surface area contributed by atoms with E-state index in [4.69, 9.17) is 16.3 Å². The van der Waals surface area contributed by atoms with Crippen molar-refractivity contribution in [3.05, 3.63) is 100 Å². The summed E-state index contributed by atoms with van der Waals surface area (Å²) in [5, 5.41) is -0.0117. The number of aromatic nitrogens is 1. The Labute approximate surface area is 181 Å². The lowest BCUT2D eigenvalue weighted by molar-refractivity contribution is 0.0525. The molecule has 4 rings (SSSR count). The van der Waals surface area contributed by atoms with Crippen molar-refractivity contribution >= 4 is 28.9 Å². The zero-order valence-electron chi connectivity index (χ0n) is 16.4. The third kappa shape index (κ3) is 3.70. The minimum Gasteiger partial charge on any atom is -0.462 e. The number of pyridine rings is 1. The number of hydrogen-bond donors (Lipinski definition) is 0. The Morgan fingerprint density at radius 1 is 0.968 bits per heavy atom. The number of esters is 1. The van der Waals surface area contributed by atoms with E-state index in [0.717, 1.165) is 12.1 Å². The molecule has 0 fully saturated rings. The first-order valence-corrected chi connectivity index (χ1v) is 9.86. The van der Waals surface area contributed by atoms with E-state index in [2.05, 4.69) is 0 Å². The molecule has 2 aromatic heterocycles. The van der Waals surface area contributed by atoms with Gasteiger partial charge in [0, 0.05) is 17.3 Å². The van der Waals surface area contributed by atoms with Crippen molar-refractivity contribution in [2.24, 2.45) is 0 Å². The number of rotatable bonds is 5. The number of halogens is 3. The average Bonchev–Trinajstić information content (AvgIpc) is 3.13. The second-order valence-corrected chi connectivity index (χ2v) is 7.15. The molecule has 0 atom stereocenters. The summed E-state index contributed by atoms with van der Waals surface area (Å²) in [7, 11) is 0. The molecule has 156 valence electrons. The van der Waals surface area contributed by atoms with E-state index in [0.29, 0.717) is 11.1 Å². The average molecular weight is 440 g/mol. The van der Waals surface area contributed by atoms with Gasteiger partial charge in [-0.15, -0.1) is 0 Å². The Hall–Kier alpha value is -3.51. The summed E-state index contributed by atoms with van der Waals surface area (Å²) in [5.41, 5.74) is 1.12. The molecule has 31 heavy (non-hydrogen) atoms. The molecule has 0 aliphatic heterocycles. The first-order chi connectivity index (χ1) is 14.9. The summed E-state index contributed by atoms with van der Waals surface area (Å²) in [4.78, 5) is 25.0. The lowest BCUT2D eigenvalue weighted by Gasteiger charge is -2.06. The van der Waals surface area contributed by atoms with Gasteiger partial charge in [0.1, 0.15) is 11.6 Å². The predicted molar refractivity (Wildman–Crippen MR) is 114 cm³/mol. The molecule has 0 aliphatic carbocycles. The topological polar surface area (TPSA) is 47.8 Å². The highest BCUT2D eigenvalue weighted by Crippen LogP contribution is 2.33. The van der Waals surface area contributed by atoms with Crippen LogP contribution in [0.1, 0.15) is 33.3 Å². The molecule has 0 saturated heterocycles. The summed E-state index contributed by atoms with van der Waals surface area (Å²) in [6.07, 6.45) is 1.63. The molecule has 2 aromatic carbocycles. The van der Waals surface area contributed by atoms with Gasteiger partial charge in [-0.2, -0.15) is 0 Å². The van der Waals surface area contributed by atoms with Crippen LogP contribution in [0.25, 0.3) is 16.6 Å². The van der Waals surface area contributed by atoms with Gasteiger partial charge in [-0.05, 0) is 49.4 Å². The number of fused-ring (bicyclic) bond motifs is 1. The fourth-order valence-corrected chi connectivity index (χ4v) is 3.71. The van der Waals surface area contributed by atoms with E-state index in [-0.39, 0.29) is 34.0 Å². The van der Waals surface area contributed by atoms with Gasteiger partial charge in [0.05, 0.1) is 34.0 Å². The standard InChI is InChI=1S/C24H16ClF2NO3/c1-2-31-24(30)14-9-10-15(19(27)12-14)16-13-21(28-11-4-3-8-20(16)28)23(29)22-17(25)6-5-7-18(22)26/h3-13H,2H2,1H3. The van der Waals surface area contributed by atoms with Crippen LogP contribution >= 0.6 is 11.6 Å². The van der Waals surface area contributed by atoms with Gasteiger partial charge >= 0.3 is 5.97 Å². The number of benzene rings is 2. The van der Waals surface area contributed by atoms with Crippen LogP contribution < -0.4 is 0 Å². The predicted octanol–water partition coefficient (Wildman–Crippen LogP) is 5.95. The third-order valence-electron chi connectivity index (χ3n) is 4.87. The zero-order chi connectivity index (χ0) is 22.1. The van der Waals surface area contributed by atoms with Crippen LogP contribution in [0.5, 0.6) is 0 Å². The Bertz CT molecular complexity index is 1310. The van der Waals surface area contributed by atoms with Crippen LogP contribution in [0.4, 0.5) is 8.78 Å². The fourth-order valence-electron chi connectivity index (χ4n) is 3.46. The molecule has 0 bridgehead atoms. The van der Waals surface area contributed by atoms with Crippen LogP contribution in [0.2, 0.25) is 5.02 Å². The molecule has 7 heteroatoms. The van der Waals surface area contributed by atoms with Crippen LogP contribution in [-0.2, 0) is 4.74 Å². The summed E-state index contributed by atoms with van der Waals surface area (Å²) in [6, 6.07) is 14.7. The highest BCUT2D eigenvalue weighted by atomic mass is 35.5. The van der Waals surface area contributed by atoms with Gasteiger partial charge in [-0.1, -0.05) is 29.8 Å². The van der Waals surface area contributed by atoms with Gasteiger partial charge in [0.25, 0.3) is 0 Å². The Balaban J connectivity index is 1.87. The van der Waals surface area contributed by atoms with E-state index in [9.17, 15) is 18.4 Å². The van der Waals surface area contributed by atoms with Crippen LogP contribution in [0, 0.1) is 11.6 Å². The van der Waals surface area contributed by atoms with Gasteiger partial charge in [-0.25, -0.2) is 13.6 Å². The highest BCUT2D eigenvalue weighted by molar-refractivity contribution is 6.35. The molecule has 0 spiro atoms. The van der Waals surface area contributed by atoms with E-state index in [1.54, 1.807) is 35.7 Å². The number of hydrogen-bond acceptors (Lipinski definition) is 3. The minimum atomic E-state index is -0.741. The summed E-state index contributed by atoms with van der Waals surface area (Å²) < 4.78 is 35.7. The lowest BCUT2D eigenvalue weighted by atomic mass is 10.0. The first-order valence-electron chi connectivity index (χ1n) is 9.48. The van der Waals surface area contributed by atoms with Crippen LogP contribution in [0.3, 0.4) is 0 Å². The normalized spacial score (nSPS) is 11.0. The largest absolute Gasteiger partial charge is 0.462 e. The summed E-state index contributed by atoms with van der Waals surface area (Å²) in [6.45, 7) is 1.84. The number of ketones is 1. The molecule has 0 radical (unpaired) electrons. The number of carbonyl (C=O) groups is 2. The van der Waals surface area contributed by atoms with Gasteiger partial charge in [-0.3, -0.25) is 4.79 Å². The fraction of sp³-hybridized carbons (Fsp3) is 0.0833. The van der Waals surface area contributed by atoms with E-state index in [1.165, 1.54) is 30.3 Å². The van der Waals surface area contributed by atoms with Crippen LogP contribution in [0.15, 0.2) is 66.9 Å². The second kappa shape index (κ2) is 8.32. The van der Waals surface area contributed by atoms with Crippen molar-refractivity contribution in [3.63, 3.8) is 0 Å². The van der Waals surface area contributed by atoms with Gasteiger partial charge in [0.2, 0.25) is 5.78 Å². The smallest absolute Gasteiger partial charge is 0.338 e. The number of nitrogens with zero attached hydrogens (tertiary/aromatic N) is 1. The molecule has 0 unspecified atom stereocenters. The van der Waals surface area contributed by atoms with Crippen LogP contribution in [-0.4, -0.2) is 22.8 Å². The number of ether oxygens (including phenoxy) is 1. The van der Waals surface area contributed by atoms with Crippen molar-refractivity contribution in [2.75, 3.05) is 6.61 Å². The molecular weight excluding hydrogens is 424 g/mol. The quantitative estimate of drug-likeness (QED) is 0.285. The van der Waals surface area contributed by atoms with Crippen molar-refractivity contribution in [3.8, 4) is 11.1 Å². The zero-order valence-corrected chi connectivity index (χ0v) is 17.1. The van der Waals surface area contributed by atoms with Crippen molar-refractivity contribution < 1.29 is 23.1 Å². The number of carbonyl (C=O) groups excluding carboxylic acids is 2.